The summed E-state index contributed by atoms with van der Waals surface area (Å²) in [6, 6.07) is 6.04. The van der Waals surface area contributed by atoms with Gasteiger partial charge in [-0.05, 0) is 24.6 Å². The summed E-state index contributed by atoms with van der Waals surface area (Å²) in [6.07, 6.45) is 6.13. The predicted octanol–water partition coefficient (Wildman–Crippen LogP) is 1.43. The van der Waals surface area contributed by atoms with Crippen LogP contribution in [0.2, 0.25) is 0 Å². The van der Waals surface area contributed by atoms with Gasteiger partial charge in [-0.1, -0.05) is 0 Å². The second kappa shape index (κ2) is 6.62. The molecule has 4 heterocycles. The van der Waals surface area contributed by atoms with Gasteiger partial charge >= 0.3 is 0 Å². The van der Waals surface area contributed by atoms with Gasteiger partial charge in [0.15, 0.2) is 0 Å². The van der Waals surface area contributed by atoms with E-state index in [1.807, 2.05) is 25.4 Å². The highest BCUT2D eigenvalue weighted by Crippen LogP contribution is 2.28. The molecule has 1 saturated heterocycles. The molecule has 0 aromatic carbocycles. The number of nitrogens with zero attached hydrogens (tertiary/aromatic N) is 5. The van der Waals surface area contributed by atoms with Crippen LogP contribution in [0.4, 0.5) is 11.6 Å². The molecule has 8 nitrogen and oxygen atoms in total. The number of aromatic amines is 1. The second-order valence-corrected chi connectivity index (χ2v) is 6.42. The zero-order chi connectivity index (χ0) is 18.1. The van der Waals surface area contributed by atoms with Gasteiger partial charge in [-0.2, -0.15) is 0 Å². The summed E-state index contributed by atoms with van der Waals surface area (Å²) in [7, 11) is 3.66. The number of nitrogens with one attached hydrogen (secondary N) is 2. The number of likely N-dealkylation sites (N-methyl/N-ethyl adjacent to an activating group) is 1. The molecular formula is C18H21N7O. The smallest absolute Gasteiger partial charge is 0.252 e. The molecule has 0 unspecified atom stereocenters. The first-order chi connectivity index (χ1) is 12.7. The van der Waals surface area contributed by atoms with Crippen molar-refractivity contribution < 1.29 is 4.79 Å². The molecule has 134 valence electrons. The molecule has 0 aliphatic carbocycles. The van der Waals surface area contributed by atoms with Gasteiger partial charge < -0.3 is 20.1 Å². The lowest BCUT2D eigenvalue weighted by Crippen LogP contribution is -2.35. The Kier molecular flexibility index (Phi) is 4.16. The van der Waals surface area contributed by atoms with E-state index < -0.39 is 0 Å². The largest absolute Gasteiger partial charge is 0.355 e. The fourth-order valence-corrected chi connectivity index (χ4v) is 3.42. The first kappa shape index (κ1) is 16.3. The molecule has 3 aromatic rings. The van der Waals surface area contributed by atoms with Crippen molar-refractivity contribution in [2.45, 2.75) is 12.5 Å². The number of amides is 1. The van der Waals surface area contributed by atoms with Crippen molar-refractivity contribution in [3.05, 3.63) is 42.5 Å². The van der Waals surface area contributed by atoms with E-state index in [2.05, 4.69) is 35.1 Å². The molecule has 0 spiro atoms. The Morgan fingerprint density at radius 1 is 1.31 bits per heavy atom. The first-order valence-corrected chi connectivity index (χ1v) is 8.61. The summed E-state index contributed by atoms with van der Waals surface area (Å²) in [4.78, 5) is 32.4. The van der Waals surface area contributed by atoms with E-state index in [0.717, 1.165) is 42.2 Å². The lowest BCUT2D eigenvalue weighted by atomic mass is 10.2. The standard InChI is InChI=1S/C18H21N7O/c1-19-18(26)12-3-4-15(21-9-12)24(2)13-6-8-25(10-13)17-14-5-7-20-16(14)22-11-23-17/h3-5,7,9,11,13H,6,8,10H2,1-2H3,(H,19,26)(H,20,22,23)/t13-/m1/s1. The predicted molar refractivity (Wildman–Crippen MR) is 101 cm³/mol. The van der Waals surface area contributed by atoms with Gasteiger partial charge in [0.2, 0.25) is 0 Å². The minimum atomic E-state index is -0.127. The Balaban J connectivity index is 1.49. The molecule has 0 radical (unpaired) electrons. The molecule has 1 atom stereocenters. The molecule has 2 N–H and O–H groups in total. The van der Waals surface area contributed by atoms with Gasteiger partial charge in [0.25, 0.3) is 5.91 Å². The van der Waals surface area contributed by atoms with Crippen LogP contribution in [0.15, 0.2) is 36.9 Å². The molecular weight excluding hydrogens is 330 g/mol. The topological polar surface area (TPSA) is 90.0 Å². The minimum absolute atomic E-state index is 0.127. The fourth-order valence-electron chi connectivity index (χ4n) is 3.42. The average Bonchev–Trinajstić information content (AvgIpc) is 3.36. The van der Waals surface area contributed by atoms with Gasteiger partial charge in [0, 0.05) is 45.6 Å². The number of aromatic nitrogens is 4. The third kappa shape index (κ3) is 2.83. The number of rotatable bonds is 4. The highest BCUT2D eigenvalue weighted by Gasteiger charge is 2.28. The minimum Gasteiger partial charge on any atom is -0.355 e. The first-order valence-electron chi connectivity index (χ1n) is 8.61. The Hall–Kier alpha value is -3.16. The highest BCUT2D eigenvalue weighted by molar-refractivity contribution is 5.93. The van der Waals surface area contributed by atoms with Crippen LogP contribution in [-0.4, -0.2) is 59.1 Å². The van der Waals surface area contributed by atoms with Crippen molar-refractivity contribution in [3.8, 4) is 0 Å². The zero-order valence-corrected chi connectivity index (χ0v) is 14.8. The number of hydrogen-bond acceptors (Lipinski definition) is 6. The van der Waals surface area contributed by atoms with Crippen LogP contribution in [0.3, 0.4) is 0 Å². The molecule has 1 fully saturated rings. The maximum Gasteiger partial charge on any atom is 0.252 e. The summed E-state index contributed by atoms with van der Waals surface area (Å²) in [6.45, 7) is 1.80. The van der Waals surface area contributed by atoms with E-state index in [9.17, 15) is 4.79 Å². The van der Waals surface area contributed by atoms with Crippen LogP contribution < -0.4 is 15.1 Å². The lowest BCUT2D eigenvalue weighted by molar-refractivity contribution is 0.0963. The van der Waals surface area contributed by atoms with Crippen molar-refractivity contribution in [1.29, 1.82) is 0 Å². The highest BCUT2D eigenvalue weighted by atomic mass is 16.1. The van der Waals surface area contributed by atoms with E-state index >= 15 is 0 Å². The van der Waals surface area contributed by atoms with Crippen LogP contribution in [0.1, 0.15) is 16.8 Å². The normalized spacial score (nSPS) is 16.8. The van der Waals surface area contributed by atoms with Crippen molar-refractivity contribution in [2.24, 2.45) is 0 Å². The van der Waals surface area contributed by atoms with E-state index in [-0.39, 0.29) is 5.91 Å². The molecule has 1 aliphatic rings. The summed E-state index contributed by atoms with van der Waals surface area (Å²) >= 11 is 0. The summed E-state index contributed by atoms with van der Waals surface area (Å²) in [5.74, 6) is 1.70. The summed E-state index contributed by atoms with van der Waals surface area (Å²) < 4.78 is 0. The molecule has 26 heavy (non-hydrogen) atoms. The zero-order valence-electron chi connectivity index (χ0n) is 14.8. The van der Waals surface area contributed by atoms with Crippen LogP contribution in [-0.2, 0) is 0 Å². The Bertz CT molecular complexity index is 921. The molecule has 0 saturated carbocycles. The quantitative estimate of drug-likeness (QED) is 0.739. The molecule has 8 heteroatoms. The van der Waals surface area contributed by atoms with Crippen molar-refractivity contribution in [2.75, 3.05) is 37.0 Å². The molecule has 1 amide bonds. The average molecular weight is 351 g/mol. The van der Waals surface area contributed by atoms with Gasteiger partial charge in [0.1, 0.15) is 23.6 Å². The van der Waals surface area contributed by atoms with Gasteiger partial charge in [-0.25, -0.2) is 15.0 Å². The Morgan fingerprint density at radius 3 is 2.96 bits per heavy atom. The number of H-pyrrole nitrogens is 1. The summed E-state index contributed by atoms with van der Waals surface area (Å²) in [5, 5.41) is 3.65. The van der Waals surface area contributed by atoms with Gasteiger partial charge in [0.05, 0.1) is 10.9 Å². The van der Waals surface area contributed by atoms with Gasteiger partial charge in [-0.15, -0.1) is 0 Å². The molecule has 1 aliphatic heterocycles. The van der Waals surface area contributed by atoms with Crippen LogP contribution in [0.5, 0.6) is 0 Å². The molecule has 0 bridgehead atoms. The van der Waals surface area contributed by atoms with Crippen LogP contribution >= 0.6 is 0 Å². The number of fused-ring (bicyclic) bond motifs is 1. The van der Waals surface area contributed by atoms with E-state index in [1.165, 1.54) is 0 Å². The number of anilines is 2. The van der Waals surface area contributed by atoms with Crippen molar-refractivity contribution in [3.63, 3.8) is 0 Å². The summed E-state index contributed by atoms with van der Waals surface area (Å²) in [5.41, 5.74) is 1.42. The van der Waals surface area contributed by atoms with Crippen molar-refractivity contribution >= 4 is 28.6 Å². The number of hydrogen-bond donors (Lipinski definition) is 2. The number of pyridine rings is 1. The maximum absolute atomic E-state index is 11.6. The van der Waals surface area contributed by atoms with Crippen LogP contribution in [0.25, 0.3) is 11.0 Å². The SMILES string of the molecule is CNC(=O)c1ccc(N(C)[C@@H]2CCN(c3ncnc4[nH]ccc34)C2)nc1. The van der Waals surface area contributed by atoms with Crippen molar-refractivity contribution in [1.82, 2.24) is 25.3 Å². The number of carbonyl (C=O) groups excluding carboxylic acids is 1. The third-order valence-corrected chi connectivity index (χ3v) is 4.94. The second-order valence-electron chi connectivity index (χ2n) is 6.42. The monoisotopic (exact) mass is 351 g/mol. The van der Waals surface area contributed by atoms with Crippen LogP contribution in [0, 0.1) is 0 Å². The number of carbonyl (C=O) groups is 1. The molecule has 4 rings (SSSR count). The molecule has 3 aromatic heterocycles. The fraction of sp³-hybridized carbons (Fsp3) is 0.333. The maximum atomic E-state index is 11.6. The van der Waals surface area contributed by atoms with E-state index in [4.69, 9.17) is 0 Å². The third-order valence-electron chi connectivity index (χ3n) is 4.94. The lowest BCUT2D eigenvalue weighted by Gasteiger charge is -2.26. The van der Waals surface area contributed by atoms with E-state index in [1.54, 1.807) is 25.6 Å². The Labute approximate surface area is 151 Å². The Morgan fingerprint density at radius 2 is 2.19 bits per heavy atom. The van der Waals surface area contributed by atoms with Gasteiger partial charge in [-0.3, -0.25) is 4.79 Å². The van der Waals surface area contributed by atoms with E-state index in [0.29, 0.717) is 11.6 Å².